The third-order valence-electron chi connectivity index (χ3n) is 1.60. The molecule has 4 nitrogen and oxygen atoms in total. The van der Waals surface area contributed by atoms with E-state index in [1.165, 1.54) is 11.3 Å². The van der Waals surface area contributed by atoms with Crippen LogP contribution in [-0.2, 0) is 11.0 Å². The molecule has 0 aromatic carbocycles. The highest BCUT2D eigenvalue weighted by Crippen LogP contribution is 2.24. The van der Waals surface area contributed by atoms with Crippen molar-refractivity contribution in [3.8, 4) is 5.75 Å². The van der Waals surface area contributed by atoms with Crippen molar-refractivity contribution >= 4 is 28.2 Å². The first-order valence-electron chi connectivity index (χ1n) is 4.58. The van der Waals surface area contributed by atoms with Gasteiger partial charge in [0.1, 0.15) is 21.6 Å². The highest BCUT2D eigenvalue weighted by molar-refractivity contribution is 7.83. The molecular formula is C9H13NO3S2. The molecule has 0 aliphatic carbocycles. The maximum atomic E-state index is 11.6. The summed E-state index contributed by atoms with van der Waals surface area (Å²) in [5.74, 6) is 0.614. The lowest BCUT2D eigenvalue weighted by molar-refractivity contribution is 0.0983. The van der Waals surface area contributed by atoms with Crippen LogP contribution in [0.15, 0.2) is 11.4 Å². The molecule has 6 heteroatoms. The fourth-order valence-electron chi connectivity index (χ4n) is 0.954. The number of thiophene rings is 1. The van der Waals surface area contributed by atoms with Crippen molar-refractivity contribution in [3.05, 3.63) is 16.3 Å². The Labute approximate surface area is 95.2 Å². The Bertz CT molecular complexity index is 362. The van der Waals surface area contributed by atoms with E-state index in [9.17, 15) is 9.00 Å². The van der Waals surface area contributed by atoms with Gasteiger partial charge in [0, 0.05) is 5.75 Å². The summed E-state index contributed by atoms with van der Waals surface area (Å²) in [6, 6.07) is 1.73. The molecule has 1 amide bonds. The molecule has 0 spiro atoms. The van der Waals surface area contributed by atoms with Gasteiger partial charge in [0.05, 0.1) is 6.61 Å². The summed E-state index contributed by atoms with van der Waals surface area (Å²) in [5, 5.41) is 1.77. The maximum Gasteiger partial charge on any atom is 0.276 e. The molecule has 1 heterocycles. The van der Waals surface area contributed by atoms with Gasteiger partial charge in [-0.1, -0.05) is 6.92 Å². The first kappa shape index (κ1) is 12.2. The van der Waals surface area contributed by atoms with Crippen molar-refractivity contribution in [1.29, 1.82) is 0 Å². The zero-order chi connectivity index (χ0) is 11.3. The minimum atomic E-state index is -1.30. The Balaban J connectivity index is 2.72. The van der Waals surface area contributed by atoms with Gasteiger partial charge < -0.3 is 4.74 Å². The van der Waals surface area contributed by atoms with Crippen LogP contribution in [0.5, 0.6) is 5.75 Å². The summed E-state index contributed by atoms with van der Waals surface area (Å²) in [5.41, 5.74) is 0. The van der Waals surface area contributed by atoms with Crippen LogP contribution in [-0.4, -0.2) is 22.5 Å². The summed E-state index contributed by atoms with van der Waals surface area (Å²) < 4.78 is 18.8. The SMILES string of the molecule is CCOc1ccsc1C(=O)NS(=O)CC. The van der Waals surface area contributed by atoms with Crippen LogP contribution in [0.3, 0.4) is 0 Å². The van der Waals surface area contributed by atoms with E-state index < -0.39 is 11.0 Å². The van der Waals surface area contributed by atoms with Gasteiger partial charge in [-0.15, -0.1) is 11.3 Å². The van der Waals surface area contributed by atoms with E-state index in [0.717, 1.165) is 0 Å². The summed E-state index contributed by atoms with van der Waals surface area (Å²) in [6.07, 6.45) is 0. The van der Waals surface area contributed by atoms with Crippen LogP contribution in [0.1, 0.15) is 23.5 Å². The predicted octanol–water partition coefficient (Wildman–Crippen LogP) is 1.56. The fourth-order valence-corrected chi connectivity index (χ4v) is 2.20. The quantitative estimate of drug-likeness (QED) is 0.859. The van der Waals surface area contributed by atoms with E-state index in [0.29, 0.717) is 23.0 Å². The molecule has 0 saturated carbocycles. The number of hydrogen-bond donors (Lipinski definition) is 1. The van der Waals surface area contributed by atoms with E-state index in [2.05, 4.69) is 4.72 Å². The molecule has 15 heavy (non-hydrogen) atoms. The number of amides is 1. The van der Waals surface area contributed by atoms with Gasteiger partial charge in [0.25, 0.3) is 5.91 Å². The van der Waals surface area contributed by atoms with Gasteiger partial charge in [0.2, 0.25) is 0 Å². The Morgan fingerprint density at radius 2 is 2.33 bits per heavy atom. The molecule has 0 saturated heterocycles. The Kier molecular flexibility index (Phi) is 4.77. The highest BCUT2D eigenvalue weighted by atomic mass is 32.2. The number of hydrogen-bond acceptors (Lipinski definition) is 4. The Morgan fingerprint density at radius 1 is 1.60 bits per heavy atom. The Morgan fingerprint density at radius 3 is 2.93 bits per heavy atom. The van der Waals surface area contributed by atoms with Crippen LogP contribution < -0.4 is 9.46 Å². The minimum Gasteiger partial charge on any atom is -0.492 e. The van der Waals surface area contributed by atoms with E-state index in [-0.39, 0.29) is 5.91 Å². The van der Waals surface area contributed by atoms with E-state index in [1.807, 2.05) is 6.92 Å². The molecule has 1 rings (SSSR count). The average Bonchev–Trinajstić information content (AvgIpc) is 2.66. The summed E-state index contributed by atoms with van der Waals surface area (Å²) >= 11 is 1.28. The summed E-state index contributed by atoms with van der Waals surface area (Å²) in [6.45, 7) is 4.10. The molecule has 0 fully saturated rings. The molecule has 0 radical (unpaired) electrons. The maximum absolute atomic E-state index is 11.6. The first-order valence-corrected chi connectivity index (χ1v) is 6.78. The number of carbonyl (C=O) groups excluding carboxylic acids is 1. The number of nitrogens with one attached hydrogen (secondary N) is 1. The highest BCUT2D eigenvalue weighted by Gasteiger charge is 2.15. The largest absolute Gasteiger partial charge is 0.492 e. The normalized spacial score (nSPS) is 12.1. The molecule has 84 valence electrons. The Hall–Kier alpha value is -0.880. The lowest BCUT2D eigenvalue weighted by atomic mass is 10.4. The van der Waals surface area contributed by atoms with E-state index in [1.54, 1.807) is 18.4 Å². The fraction of sp³-hybridized carbons (Fsp3) is 0.444. The second-order valence-corrected chi connectivity index (χ2v) is 5.00. The van der Waals surface area contributed by atoms with Gasteiger partial charge in [-0.25, -0.2) is 4.21 Å². The summed E-state index contributed by atoms with van der Waals surface area (Å²) in [4.78, 5) is 12.1. The molecule has 0 bridgehead atoms. The van der Waals surface area contributed by atoms with Gasteiger partial charge in [0.15, 0.2) is 0 Å². The second-order valence-electron chi connectivity index (χ2n) is 2.61. The van der Waals surface area contributed by atoms with Gasteiger partial charge in [-0.2, -0.15) is 0 Å². The minimum absolute atomic E-state index is 0.339. The van der Waals surface area contributed by atoms with E-state index >= 15 is 0 Å². The van der Waals surface area contributed by atoms with Crippen LogP contribution in [0.25, 0.3) is 0 Å². The van der Waals surface area contributed by atoms with Crippen molar-refractivity contribution in [1.82, 2.24) is 4.72 Å². The molecular weight excluding hydrogens is 234 g/mol. The monoisotopic (exact) mass is 247 g/mol. The van der Waals surface area contributed by atoms with Crippen molar-refractivity contribution in [2.75, 3.05) is 12.4 Å². The van der Waals surface area contributed by atoms with Gasteiger partial charge in [-0.3, -0.25) is 9.52 Å². The lowest BCUT2D eigenvalue weighted by Crippen LogP contribution is -2.26. The van der Waals surface area contributed by atoms with Crippen LogP contribution in [0.2, 0.25) is 0 Å². The molecule has 1 N–H and O–H groups in total. The third kappa shape index (κ3) is 3.32. The van der Waals surface area contributed by atoms with Crippen molar-refractivity contribution in [2.24, 2.45) is 0 Å². The number of ether oxygens (including phenoxy) is 1. The first-order chi connectivity index (χ1) is 7.19. The van der Waals surface area contributed by atoms with Crippen molar-refractivity contribution < 1.29 is 13.7 Å². The number of carbonyl (C=O) groups is 1. The summed E-state index contributed by atoms with van der Waals surface area (Å²) in [7, 11) is -1.30. The zero-order valence-electron chi connectivity index (χ0n) is 8.61. The van der Waals surface area contributed by atoms with Crippen LogP contribution in [0, 0.1) is 0 Å². The van der Waals surface area contributed by atoms with Gasteiger partial charge in [-0.05, 0) is 18.4 Å². The average molecular weight is 247 g/mol. The molecule has 1 aromatic heterocycles. The molecule has 0 aliphatic heterocycles. The molecule has 1 atom stereocenters. The van der Waals surface area contributed by atoms with Crippen LogP contribution in [0.4, 0.5) is 0 Å². The predicted molar refractivity (Wildman–Crippen MR) is 61.6 cm³/mol. The zero-order valence-corrected chi connectivity index (χ0v) is 10.2. The molecule has 0 aliphatic rings. The third-order valence-corrected chi connectivity index (χ3v) is 3.44. The van der Waals surface area contributed by atoms with Crippen molar-refractivity contribution in [3.63, 3.8) is 0 Å². The van der Waals surface area contributed by atoms with E-state index in [4.69, 9.17) is 4.74 Å². The smallest absolute Gasteiger partial charge is 0.276 e. The number of rotatable bonds is 5. The van der Waals surface area contributed by atoms with Crippen LogP contribution >= 0.6 is 11.3 Å². The molecule has 1 unspecified atom stereocenters. The topological polar surface area (TPSA) is 55.4 Å². The van der Waals surface area contributed by atoms with Gasteiger partial charge >= 0.3 is 0 Å². The van der Waals surface area contributed by atoms with Crippen molar-refractivity contribution in [2.45, 2.75) is 13.8 Å². The standard InChI is InChI=1S/C9H13NO3S2/c1-3-13-7-5-6-14-8(7)9(11)10-15(12)4-2/h5-6H,3-4H2,1-2H3,(H,10,11). The molecule has 1 aromatic rings. The lowest BCUT2D eigenvalue weighted by Gasteiger charge is -2.04. The second kappa shape index (κ2) is 5.87.